The van der Waals surface area contributed by atoms with Gasteiger partial charge in [-0.05, 0) is 42.7 Å². The molecule has 108 valence electrons. The lowest BCUT2D eigenvalue weighted by Crippen LogP contribution is -2.35. The molecule has 2 aromatic carbocycles. The van der Waals surface area contributed by atoms with E-state index in [1.807, 2.05) is 12.1 Å². The number of anilines is 2. The van der Waals surface area contributed by atoms with Crippen LogP contribution in [0.1, 0.15) is 22.3 Å². The van der Waals surface area contributed by atoms with E-state index in [0.717, 1.165) is 24.1 Å². The van der Waals surface area contributed by atoms with Crippen molar-refractivity contribution in [2.24, 2.45) is 0 Å². The summed E-state index contributed by atoms with van der Waals surface area (Å²) in [5.41, 5.74) is 8.09. The Balaban J connectivity index is 2.06. The number of nitrogens with zero attached hydrogens (tertiary/aromatic N) is 1. The summed E-state index contributed by atoms with van der Waals surface area (Å²) in [6, 6.07) is 9.74. The molecule has 3 rings (SSSR count). The van der Waals surface area contributed by atoms with Gasteiger partial charge in [-0.2, -0.15) is 0 Å². The topological polar surface area (TPSA) is 86.8 Å². The molecule has 1 aliphatic heterocycles. The van der Waals surface area contributed by atoms with E-state index in [1.165, 1.54) is 18.2 Å². The first kappa shape index (κ1) is 13.3. The number of carbonyl (C=O) groups excluding carboxylic acids is 1. The molecule has 0 radical (unpaired) electrons. The fourth-order valence-electron chi connectivity index (χ4n) is 2.68. The molecule has 1 heterocycles. The molecule has 0 aromatic heterocycles. The number of aromatic hydroxyl groups is 2. The van der Waals surface area contributed by atoms with Crippen molar-refractivity contribution in [2.45, 2.75) is 12.8 Å². The number of nitrogens with two attached hydrogens (primary N) is 1. The van der Waals surface area contributed by atoms with Crippen molar-refractivity contribution in [3.63, 3.8) is 0 Å². The van der Waals surface area contributed by atoms with Crippen LogP contribution in [0.4, 0.5) is 11.4 Å². The Morgan fingerprint density at radius 1 is 1.14 bits per heavy atom. The minimum Gasteiger partial charge on any atom is -0.507 e. The van der Waals surface area contributed by atoms with Crippen molar-refractivity contribution in [1.82, 2.24) is 0 Å². The maximum Gasteiger partial charge on any atom is 0.265 e. The highest BCUT2D eigenvalue weighted by Gasteiger charge is 2.27. The van der Waals surface area contributed by atoms with Crippen LogP contribution in [-0.2, 0) is 6.42 Å². The van der Waals surface area contributed by atoms with Crippen LogP contribution >= 0.6 is 0 Å². The highest BCUT2D eigenvalue weighted by Crippen LogP contribution is 2.34. The van der Waals surface area contributed by atoms with E-state index >= 15 is 0 Å². The molecular formula is C16H16N2O3. The maximum atomic E-state index is 12.7. The number of benzene rings is 2. The Bertz CT molecular complexity index is 692. The maximum absolute atomic E-state index is 12.7. The number of rotatable bonds is 1. The van der Waals surface area contributed by atoms with Crippen LogP contribution in [0.15, 0.2) is 36.4 Å². The minimum atomic E-state index is -0.419. The van der Waals surface area contributed by atoms with Gasteiger partial charge in [-0.3, -0.25) is 4.79 Å². The lowest BCUT2D eigenvalue weighted by Gasteiger charge is -2.30. The molecule has 0 atom stereocenters. The molecule has 5 nitrogen and oxygen atoms in total. The number of aryl methyl sites for hydroxylation is 1. The fraction of sp³-hybridized carbons (Fsp3) is 0.188. The quantitative estimate of drug-likeness (QED) is 0.701. The number of phenols is 2. The normalized spacial score (nSPS) is 13.8. The second kappa shape index (κ2) is 5.01. The zero-order chi connectivity index (χ0) is 15.0. The molecule has 1 amide bonds. The Morgan fingerprint density at radius 2 is 1.86 bits per heavy atom. The summed E-state index contributed by atoms with van der Waals surface area (Å²) < 4.78 is 0. The van der Waals surface area contributed by atoms with Gasteiger partial charge < -0.3 is 20.8 Å². The Morgan fingerprint density at radius 3 is 2.57 bits per heavy atom. The second-order valence-corrected chi connectivity index (χ2v) is 5.12. The third kappa shape index (κ3) is 2.27. The first-order valence-electron chi connectivity index (χ1n) is 6.79. The molecule has 0 spiro atoms. The van der Waals surface area contributed by atoms with E-state index < -0.39 is 5.91 Å². The van der Waals surface area contributed by atoms with Crippen LogP contribution in [0, 0.1) is 0 Å². The predicted molar refractivity (Wildman–Crippen MR) is 80.6 cm³/mol. The van der Waals surface area contributed by atoms with Gasteiger partial charge in [0.05, 0.1) is 0 Å². The number of carbonyl (C=O) groups is 1. The van der Waals surface area contributed by atoms with Gasteiger partial charge in [0, 0.05) is 17.9 Å². The van der Waals surface area contributed by atoms with E-state index in [0.29, 0.717) is 12.2 Å². The number of fused-ring (bicyclic) bond motifs is 1. The molecule has 5 heteroatoms. The number of phenolic OH excluding ortho intramolecular Hbond substituents is 2. The first-order chi connectivity index (χ1) is 10.1. The highest BCUT2D eigenvalue weighted by atomic mass is 16.3. The third-order valence-electron chi connectivity index (χ3n) is 3.71. The molecule has 0 saturated carbocycles. The fourth-order valence-corrected chi connectivity index (χ4v) is 2.68. The van der Waals surface area contributed by atoms with Gasteiger partial charge in [0.1, 0.15) is 17.1 Å². The molecular weight excluding hydrogens is 268 g/mol. The molecule has 0 bridgehead atoms. The van der Waals surface area contributed by atoms with Gasteiger partial charge in [-0.15, -0.1) is 0 Å². The molecule has 0 aliphatic carbocycles. The van der Waals surface area contributed by atoms with Crippen LogP contribution in [0.5, 0.6) is 11.5 Å². The van der Waals surface area contributed by atoms with Crippen LogP contribution in [-0.4, -0.2) is 22.7 Å². The van der Waals surface area contributed by atoms with Crippen LogP contribution in [0.25, 0.3) is 0 Å². The van der Waals surface area contributed by atoms with Gasteiger partial charge in [0.25, 0.3) is 5.91 Å². The second-order valence-electron chi connectivity index (χ2n) is 5.12. The van der Waals surface area contributed by atoms with E-state index in [9.17, 15) is 15.0 Å². The van der Waals surface area contributed by atoms with E-state index in [4.69, 9.17) is 5.73 Å². The van der Waals surface area contributed by atoms with Crippen molar-refractivity contribution >= 4 is 17.3 Å². The Kier molecular flexibility index (Phi) is 3.17. The smallest absolute Gasteiger partial charge is 0.265 e. The van der Waals surface area contributed by atoms with Crippen molar-refractivity contribution in [3.8, 4) is 11.5 Å². The summed E-state index contributed by atoms with van der Waals surface area (Å²) in [6.45, 7) is 0.531. The lowest BCUT2D eigenvalue weighted by molar-refractivity contribution is 0.0980. The van der Waals surface area contributed by atoms with Crippen LogP contribution < -0.4 is 10.6 Å². The average molecular weight is 284 g/mol. The minimum absolute atomic E-state index is 0.0761. The van der Waals surface area contributed by atoms with Crippen molar-refractivity contribution in [1.29, 1.82) is 0 Å². The lowest BCUT2D eigenvalue weighted by atomic mass is 10.00. The standard InChI is InChI=1S/C16H16N2O3/c17-11-7-6-10-3-2-8-18(12(10)9-11)16(21)15-13(19)4-1-5-14(15)20/h1,4-7,9,19-20H,2-3,8,17H2. The van der Waals surface area contributed by atoms with E-state index in [-0.39, 0.29) is 17.1 Å². The van der Waals surface area contributed by atoms with Gasteiger partial charge in [0.2, 0.25) is 0 Å². The average Bonchev–Trinajstić information content (AvgIpc) is 2.46. The Hall–Kier alpha value is -2.69. The van der Waals surface area contributed by atoms with Crippen LogP contribution in [0.2, 0.25) is 0 Å². The first-order valence-corrected chi connectivity index (χ1v) is 6.79. The highest BCUT2D eigenvalue weighted by molar-refractivity contribution is 6.10. The summed E-state index contributed by atoms with van der Waals surface area (Å²) in [4.78, 5) is 14.2. The van der Waals surface area contributed by atoms with Gasteiger partial charge in [-0.1, -0.05) is 12.1 Å². The van der Waals surface area contributed by atoms with Crippen molar-refractivity contribution < 1.29 is 15.0 Å². The van der Waals surface area contributed by atoms with E-state index in [2.05, 4.69) is 0 Å². The summed E-state index contributed by atoms with van der Waals surface area (Å²) in [7, 11) is 0. The zero-order valence-corrected chi connectivity index (χ0v) is 11.4. The number of hydrogen-bond acceptors (Lipinski definition) is 4. The SMILES string of the molecule is Nc1ccc2c(c1)N(C(=O)c1c(O)cccc1O)CCC2. The van der Waals surface area contributed by atoms with Crippen molar-refractivity contribution in [2.75, 3.05) is 17.2 Å². The Labute approximate surface area is 122 Å². The molecule has 2 aromatic rings. The number of amides is 1. The molecule has 21 heavy (non-hydrogen) atoms. The predicted octanol–water partition coefficient (Wildman–Crippen LogP) is 2.27. The summed E-state index contributed by atoms with van der Waals surface area (Å²) in [5.74, 6) is -0.871. The molecule has 0 saturated heterocycles. The molecule has 0 unspecified atom stereocenters. The number of hydrogen-bond donors (Lipinski definition) is 3. The van der Waals surface area contributed by atoms with E-state index in [1.54, 1.807) is 11.0 Å². The van der Waals surface area contributed by atoms with Gasteiger partial charge >= 0.3 is 0 Å². The molecule has 4 N–H and O–H groups in total. The van der Waals surface area contributed by atoms with Crippen LogP contribution in [0.3, 0.4) is 0 Å². The monoisotopic (exact) mass is 284 g/mol. The summed E-state index contributed by atoms with van der Waals surface area (Å²) in [6.07, 6.45) is 1.71. The summed E-state index contributed by atoms with van der Waals surface area (Å²) in [5, 5.41) is 19.7. The molecule has 1 aliphatic rings. The third-order valence-corrected chi connectivity index (χ3v) is 3.71. The van der Waals surface area contributed by atoms with Gasteiger partial charge in [-0.25, -0.2) is 0 Å². The number of nitrogen functional groups attached to an aromatic ring is 1. The summed E-state index contributed by atoms with van der Waals surface area (Å²) >= 11 is 0. The van der Waals surface area contributed by atoms with Crippen molar-refractivity contribution in [3.05, 3.63) is 47.5 Å². The zero-order valence-electron chi connectivity index (χ0n) is 11.4. The largest absolute Gasteiger partial charge is 0.507 e. The van der Waals surface area contributed by atoms with Gasteiger partial charge in [0.15, 0.2) is 0 Å². The molecule has 0 fully saturated rings.